The number of hydrogen-bond donors (Lipinski definition) is 2. The maximum atomic E-state index is 13.2. The van der Waals surface area contributed by atoms with Gasteiger partial charge in [0.25, 0.3) is 17.7 Å². The smallest absolute Gasteiger partial charge is 0.335 e. The Kier molecular flexibility index (Phi) is 8.73. The van der Waals surface area contributed by atoms with Crippen LogP contribution in [-0.4, -0.2) is 44.6 Å². The molecular weight excluding hydrogens is 629 g/mol. The third-order valence-corrected chi connectivity index (χ3v) is 6.81. The van der Waals surface area contributed by atoms with Crippen molar-refractivity contribution >= 4 is 63.8 Å². The van der Waals surface area contributed by atoms with E-state index in [-0.39, 0.29) is 23.8 Å². The van der Waals surface area contributed by atoms with Crippen molar-refractivity contribution in [3.63, 3.8) is 0 Å². The fourth-order valence-electron chi connectivity index (χ4n) is 3.95. The number of ether oxygens (including phenoxy) is 3. The van der Waals surface area contributed by atoms with Gasteiger partial charge in [-0.3, -0.25) is 19.7 Å². The van der Waals surface area contributed by atoms with Crippen molar-refractivity contribution in [1.82, 2.24) is 5.32 Å². The molecule has 3 aromatic rings. The van der Waals surface area contributed by atoms with Crippen LogP contribution in [0.3, 0.4) is 0 Å². The normalized spacial score (nSPS) is 14.2. The number of nitrogens with zero attached hydrogens (tertiary/aromatic N) is 1. The maximum Gasteiger partial charge on any atom is 0.335 e. The Labute approximate surface area is 244 Å². The Balaban J connectivity index is 1.55. The minimum Gasteiger partial charge on any atom is -0.497 e. The monoisotopic (exact) mass is 655 g/mol. The molecule has 0 bridgehead atoms. The Bertz CT molecular complexity index is 1530. The summed E-state index contributed by atoms with van der Waals surface area (Å²) in [6, 6.07) is 14.4. The van der Waals surface area contributed by atoms with E-state index < -0.39 is 17.8 Å². The van der Waals surface area contributed by atoms with Gasteiger partial charge in [-0.1, -0.05) is 12.1 Å². The maximum absolute atomic E-state index is 13.2. The van der Waals surface area contributed by atoms with Gasteiger partial charge in [0.2, 0.25) is 0 Å². The number of barbiturate groups is 1. The van der Waals surface area contributed by atoms with E-state index in [1.807, 2.05) is 54.6 Å². The van der Waals surface area contributed by atoms with Gasteiger partial charge in [0.15, 0.2) is 18.1 Å². The van der Waals surface area contributed by atoms with Crippen LogP contribution < -0.4 is 29.7 Å². The van der Waals surface area contributed by atoms with E-state index in [9.17, 15) is 19.2 Å². The first-order valence-corrected chi connectivity index (χ1v) is 13.1. The van der Waals surface area contributed by atoms with Gasteiger partial charge in [0.05, 0.1) is 23.5 Å². The Morgan fingerprint density at radius 1 is 1.00 bits per heavy atom. The molecule has 0 atom stereocenters. The number of anilines is 2. The fraction of sp³-hybridized carbons (Fsp3) is 0.172. The average molecular weight is 655 g/mol. The third kappa shape index (κ3) is 6.25. The second-order valence-corrected chi connectivity index (χ2v) is 10.0. The second-order valence-electron chi connectivity index (χ2n) is 8.85. The highest BCUT2D eigenvalue weighted by Crippen LogP contribution is 2.35. The molecule has 10 nitrogen and oxygen atoms in total. The highest BCUT2D eigenvalue weighted by atomic mass is 127. The first-order chi connectivity index (χ1) is 19.1. The number of urea groups is 1. The molecule has 11 heteroatoms. The molecule has 3 aromatic carbocycles. The van der Waals surface area contributed by atoms with Crippen molar-refractivity contribution in [2.24, 2.45) is 0 Å². The molecule has 1 saturated heterocycles. The molecule has 5 amide bonds. The minimum absolute atomic E-state index is 0.241. The summed E-state index contributed by atoms with van der Waals surface area (Å²) in [6.07, 6.45) is 1.36. The topological polar surface area (TPSA) is 123 Å². The third-order valence-electron chi connectivity index (χ3n) is 6.01. The van der Waals surface area contributed by atoms with Crippen LogP contribution in [0.15, 0.2) is 60.2 Å². The molecule has 0 radical (unpaired) electrons. The lowest BCUT2D eigenvalue weighted by atomic mass is 10.1. The molecule has 0 aromatic heterocycles. The van der Waals surface area contributed by atoms with Gasteiger partial charge >= 0.3 is 6.03 Å². The quantitative estimate of drug-likeness (QED) is 0.207. The van der Waals surface area contributed by atoms with Gasteiger partial charge < -0.3 is 19.5 Å². The number of carbonyl (C=O) groups excluding carboxylic acids is 4. The molecular formula is C29H26IN3O7. The number of benzene rings is 3. The summed E-state index contributed by atoms with van der Waals surface area (Å²) in [5, 5.41) is 5.04. The van der Waals surface area contributed by atoms with Crippen LogP contribution in [0.5, 0.6) is 17.2 Å². The van der Waals surface area contributed by atoms with Crippen molar-refractivity contribution in [3.05, 3.63) is 80.4 Å². The van der Waals surface area contributed by atoms with Gasteiger partial charge in [0.1, 0.15) is 11.3 Å². The van der Waals surface area contributed by atoms with Crippen LogP contribution in [-0.2, 0) is 14.4 Å². The standard InChI is InChI=1S/C29H26IN3O7/c1-16-5-6-17(2)23(11-16)31-25(34)15-40-26-22(30)13-18(14-24(26)39-4)12-21-27(35)32-29(37)33(28(21)36)19-7-9-20(38-3)10-8-19/h5-14H,15H2,1-4H3,(H,31,34)(H,32,35,37)/b21-12+. The predicted octanol–water partition coefficient (Wildman–Crippen LogP) is 4.61. The summed E-state index contributed by atoms with van der Waals surface area (Å²) in [7, 11) is 2.94. The predicted molar refractivity (Wildman–Crippen MR) is 158 cm³/mol. The average Bonchev–Trinajstić information content (AvgIpc) is 2.92. The summed E-state index contributed by atoms with van der Waals surface area (Å²) in [6.45, 7) is 3.58. The lowest BCUT2D eigenvalue weighted by Crippen LogP contribution is -2.54. The summed E-state index contributed by atoms with van der Waals surface area (Å²) < 4.78 is 17.0. The van der Waals surface area contributed by atoms with Crippen molar-refractivity contribution in [2.75, 3.05) is 31.0 Å². The molecule has 4 rings (SSSR count). The minimum atomic E-state index is -0.854. The van der Waals surface area contributed by atoms with E-state index in [4.69, 9.17) is 14.2 Å². The molecule has 1 aliphatic heterocycles. The Morgan fingerprint density at radius 2 is 1.73 bits per heavy atom. The zero-order valence-corrected chi connectivity index (χ0v) is 24.3. The number of carbonyl (C=O) groups is 4. The second kappa shape index (κ2) is 12.2. The molecule has 0 unspecified atom stereocenters. The summed E-state index contributed by atoms with van der Waals surface area (Å²) in [5.41, 5.74) is 3.14. The highest BCUT2D eigenvalue weighted by molar-refractivity contribution is 14.1. The first-order valence-electron chi connectivity index (χ1n) is 12.0. The van der Waals surface area contributed by atoms with E-state index in [0.29, 0.717) is 32.1 Å². The van der Waals surface area contributed by atoms with E-state index in [1.54, 1.807) is 24.3 Å². The number of nitrogens with one attached hydrogen (secondary N) is 2. The van der Waals surface area contributed by atoms with Gasteiger partial charge in [-0.05, 0) is 102 Å². The van der Waals surface area contributed by atoms with Gasteiger partial charge in [-0.2, -0.15) is 0 Å². The molecule has 1 aliphatic rings. The Hall–Kier alpha value is -4.39. The van der Waals surface area contributed by atoms with Crippen LogP contribution >= 0.6 is 22.6 Å². The summed E-state index contributed by atoms with van der Waals surface area (Å²) >= 11 is 2.02. The molecule has 0 aliphatic carbocycles. The molecule has 1 heterocycles. The number of imide groups is 2. The largest absolute Gasteiger partial charge is 0.497 e. The lowest BCUT2D eigenvalue weighted by molar-refractivity contribution is -0.122. The molecule has 1 fully saturated rings. The lowest BCUT2D eigenvalue weighted by Gasteiger charge is -2.26. The SMILES string of the molecule is COc1ccc(N2C(=O)NC(=O)/C(=C\c3cc(I)c(OCC(=O)Nc4cc(C)ccc4C)c(OC)c3)C2=O)cc1. The first kappa shape index (κ1) is 28.6. The highest BCUT2D eigenvalue weighted by Gasteiger charge is 2.37. The molecule has 0 spiro atoms. The van der Waals surface area contributed by atoms with Crippen molar-refractivity contribution in [2.45, 2.75) is 13.8 Å². The van der Waals surface area contributed by atoms with E-state index in [2.05, 4.69) is 10.6 Å². The number of halogens is 1. The molecule has 2 N–H and O–H groups in total. The number of hydrogen-bond acceptors (Lipinski definition) is 7. The van der Waals surface area contributed by atoms with Crippen molar-refractivity contribution in [1.29, 1.82) is 0 Å². The molecule has 0 saturated carbocycles. The fourth-order valence-corrected chi connectivity index (χ4v) is 4.73. The summed E-state index contributed by atoms with van der Waals surface area (Å²) in [5.74, 6) is -0.771. The van der Waals surface area contributed by atoms with Crippen LogP contribution in [0, 0.1) is 17.4 Å². The number of amides is 5. The number of rotatable bonds is 8. The number of aryl methyl sites for hydroxylation is 2. The summed E-state index contributed by atoms with van der Waals surface area (Å²) in [4.78, 5) is 51.8. The van der Waals surface area contributed by atoms with Gasteiger partial charge in [-0.25, -0.2) is 9.69 Å². The van der Waals surface area contributed by atoms with E-state index >= 15 is 0 Å². The zero-order valence-electron chi connectivity index (χ0n) is 22.2. The Morgan fingerprint density at radius 3 is 2.40 bits per heavy atom. The van der Waals surface area contributed by atoms with E-state index in [1.165, 1.54) is 32.4 Å². The van der Waals surface area contributed by atoms with Crippen molar-refractivity contribution < 1.29 is 33.4 Å². The zero-order chi connectivity index (χ0) is 29.0. The van der Waals surface area contributed by atoms with Crippen molar-refractivity contribution in [3.8, 4) is 17.2 Å². The van der Waals surface area contributed by atoms with Crippen LogP contribution in [0.4, 0.5) is 16.2 Å². The van der Waals surface area contributed by atoms with Gasteiger partial charge in [-0.15, -0.1) is 0 Å². The van der Waals surface area contributed by atoms with Crippen LogP contribution in [0.2, 0.25) is 0 Å². The van der Waals surface area contributed by atoms with E-state index in [0.717, 1.165) is 16.0 Å². The van der Waals surface area contributed by atoms with Crippen LogP contribution in [0.25, 0.3) is 6.08 Å². The van der Waals surface area contributed by atoms with Gasteiger partial charge in [0, 0.05) is 5.69 Å². The molecule has 40 heavy (non-hydrogen) atoms. The number of methoxy groups -OCH3 is 2. The van der Waals surface area contributed by atoms with Crippen LogP contribution in [0.1, 0.15) is 16.7 Å². The molecule has 206 valence electrons.